The van der Waals surface area contributed by atoms with Crippen molar-refractivity contribution < 1.29 is 4.39 Å². The maximum absolute atomic E-state index is 13.5. The van der Waals surface area contributed by atoms with Crippen molar-refractivity contribution in [2.24, 2.45) is 0 Å². The van der Waals surface area contributed by atoms with E-state index in [4.69, 9.17) is 0 Å². The number of aromatic nitrogens is 2. The third kappa shape index (κ3) is 2.71. The second-order valence-corrected chi connectivity index (χ2v) is 4.10. The number of halogens is 2. The van der Waals surface area contributed by atoms with Crippen molar-refractivity contribution >= 4 is 33.4 Å². The molecule has 0 fully saturated rings. The third-order valence-electron chi connectivity index (χ3n) is 2.09. The van der Waals surface area contributed by atoms with E-state index in [1.54, 1.807) is 7.05 Å². The number of nitrogens with one attached hydrogen (secondary N) is 2. The van der Waals surface area contributed by atoms with Crippen LogP contribution >= 0.6 is 15.9 Å². The summed E-state index contributed by atoms with van der Waals surface area (Å²) >= 11 is 3.37. The number of para-hydroxylation sites is 1. The second kappa shape index (κ2) is 5.09. The molecule has 2 rings (SSSR count). The minimum Gasteiger partial charge on any atom is -0.357 e. The quantitative estimate of drug-likeness (QED) is 0.913. The predicted molar refractivity (Wildman–Crippen MR) is 69.0 cm³/mol. The molecule has 6 heteroatoms. The first kappa shape index (κ1) is 11.8. The van der Waals surface area contributed by atoms with Crippen LogP contribution in [0.2, 0.25) is 0 Å². The highest BCUT2D eigenvalue weighted by molar-refractivity contribution is 9.10. The van der Waals surface area contributed by atoms with Gasteiger partial charge in [-0.25, -0.2) is 9.37 Å². The van der Waals surface area contributed by atoms with Crippen LogP contribution in [0.5, 0.6) is 0 Å². The van der Waals surface area contributed by atoms with Crippen LogP contribution in [0, 0.1) is 5.82 Å². The molecule has 2 aromatic rings. The highest BCUT2D eigenvalue weighted by Crippen LogP contribution is 2.25. The lowest BCUT2D eigenvalue weighted by Gasteiger charge is -2.09. The molecule has 0 aliphatic rings. The normalized spacial score (nSPS) is 10.1. The van der Waals surface area contributed by atoms with Crippen molar-refractivity contribution in [2.45, 2.75) is 0 Å². The first-order valence-electron chi connectivity index (χ1n) is 4.92. The maximum Gasteiger partial charge on any atom is 0.224 e. The molecule has 0 radical (unpaired) electrons. The molecule has 1 aromatic heterocycles. The Morgan fingerprint density at radius 1 is 1.29 bits per heavy atom. The molecule has 1 aromatic carbocycles. The second-order valence-electron chi connectivity index (χ2n) is 3.24. The summed E-state index contributed by atoms with van der Waals surface area (Å²) in [6.45, 7) is 0. The SMILES string of the molecule is CNc1ncc(F)c(Nc2ccccc2Br)n1. The number of nitrogens with zero attached hydrogens (tertiary/aromatic N) is 2. The lowest BCUT2D eigenvalue weighted by Crippen LogP contribution is -2.03. The van der Waals surface area contributed by atoms with E-state index in [9.17, 15) is 4.39 Å². The van der Waals surface area contributed by atoms with Gasteiger partial charge in [-0.3, -0.25) is 0 Å². The fraction of sp³-hybridized carbons (Fsp3) is 0.0909. The predicted octanol–water partition coefficient (Wildman–Crippen LogP) is 3.16. The van der Waals surface area contributed by atoms with Gasteiger partial charge in [0.1, 0.15) is 0 Å². The van der Waals surface area contributed by atoms with Crippen LogP contribution in [0.1, 0.15) is 0 Å². The number of benzene rings is 1. The standard InChI is InChI=1S/C11H10BrFN4/c1-14-11-15-6-8(13)10(17-11)16-9-5-3-2-4-7(9)12/h2-6H,1H3,(H2,14,15,16,17). The Morgan fingerprint density at radius 3 is 2.76 bits per heavy atom. The monoisotopic (exact) mass is 296 g/mol. The molecule has 88 valence electrons. The van der Waals surface area contributed by atoms with Gasteiger partial charge in [0.05, 0.1) is 11.9 Å². The molecule has 4 nitrogen and oxygen atoms in total. The van der Waals surface area contributed by atoms with Crippen LogP contribution in [0.25, 0.3) is 0 Å². The summed E-state index contributed by atoms with van der Waals surface area (Å²) in [6.07, 6.45) is 1.12. The van der Waals surface area contributed by atoms with Gasteiger partial charge in [0.25, 0.3) is 0 Å². The van der Waals surface area contributed by atoms with Crippen LogP contribution in [-0.2, 0) is 0 Å². The summed E-state index contributed by atoms with van der Waals surface area (Å²) in [6, 6.07) is 7.42. The molecular weight excluding hydrogens is 287 g/mol. The summed E-state index contributed by atoms with van der Waals surface area (Å²) in [5.41, 5.74) is 0.743. The topological polar surface area (TPSA) is 49.8 Å². The molecule has 0 aliphatic heterocycles. The minimum atomic E-state index is -0.500. The van der Waals surface area contributed by atoms with Crippen molar-refractivity contribution in [1.82, 2.24) is 9.97 Å². The zero-order chi connectivity index (χ0) is 12.3. The van der Waals surface area contributed by atoms with Gasteiger partial charge in [-0.1, -0.05) is 12.1 Å². The van der Waals surface area contributed by atoms with E-state index in [1.807, 2.05) is 24.3 Å². The number of anilines is 3. The van der Waals surface area contributed by atoms with Crippen LogP contribution in [0.3, 0.4) is 0 Å². The molecule has 1 heterocycles. The number of rotatable bonds is 3. The van der Waals surface area contributed by atoms with E-state index in [-0.39, 0.29) is 5.82 Å². The summed E-state index contributed by atoms with van der Waals surface area (Å²) in [5, 5.41) is 5.66. The van der Waals surface area contributed by atoms with Gasteiger partial charge < -0.3 is 10.6 Å². The van der Waals surface area contributed by atoms with Crippen LogP contribution in [0.4, 0.5) is 21.8 Å². The van der Waals surface area contributed by atoms with Crippen molar-refractivity contribution in [3.63, 3.8) is 0 Å². The van der Waals surface area contributed by atoms with Crippen LogP contribution in [0.15, 0.2) is 34.9 Å². The highest BCUT2D eigenvalue weighted by Gasteiger charge is 2.07. The largest absolute Gasteiger partial charge is 0.357 e. The maximum atomic E-state index is 13.5. The zero-order valence-corrected chi connectivity index (χ0v) is 10.6. The summed E-state index contributed by atoms with van der Waals surface area (Å²) in [7, 11) is 1.68. The van der Waals surface area contributed by atoms with E-state index in [0.29, 0.717) is 5.95 Å². The Kier molecular flexibility index (Phi) is 3.53. The molecule has 2 N–H and O–H groups in total. The lowest BCUT2D eigenvalue weighted by atomic mass is 10.3. The van der Waals surface area contributed by atoms with Crippen LogP contribution < -0.4 is 10.6 Å². The highest BCUT2D eigenvalue weighted by atomic mass is 79.9. The third-order valence-corrected chi connectivity index (χ3v) is 2.79. The smallest absolute Gasteiger partial charge is 0.224 e. The molecule has 17 heavy (non-hydrogen) atoms. The van der Waals surface area contributed by atoms with Gasteiger partial charge in [-0.15, -0.1) is 0 Å². The molecule has 0 unspecified atom stereocenters. The fourth-order valence-electron chi connectivity index (χ4n) is 1.27. The average Bonchev–Trinajstić information content (AvgIpc) is 2.35. The summed E-state index contributed by atoms with van der Waals surface area (Å²) in [5.74, 6) is -0.00282. The number of hydrogen-bond acceptors (Lipinski definition) is 4. The first-order chi connectivity index (χ1) is 8.20. The van der Waals surface area contributed by atoms with Crippen molar-refractivity contribution in [3.05, 3.63) is 40.8 Å². The Balaban J connectivity index is 2.32. The Hall–Kier alpha value is -1.69. The van der Waals surface area contributed by atoms with Crippen molar-refractivity contribution in [1.29, 1.82) is 0 Å². The molecule has 0 aliphatic carbocycles. The fourth-order valence-corrected chi connectivity index (χ4v) is 1.65. The number of hydrogen-bond donors (Lipinski definition) is 2. The van der Waals surface area contributed by atoms with Gasteiger partial charge >= 0.3 is 0 Å². The Labute approximate surface area is 106 Å². The van der Waals surface area contributed by atoms with Crippen molar-refractivity contribution in [3.8, 4) is 0 Å². The van der Waals surface area contributed by atoms with E-state index < -0.39 is 5.82 Å². The average molecular weight is 297 g/mol. The van der Waals surface area contributed by atoms with Crippen LogP contribution in [-0.4, -0.2) is 17.0 Å². The van der Waals surface area contributed by atoms with Gasteiger partial charge in [0.15, 0.2) is 11.6 Å². The molecule has 0 spiro atoms. The first-order valence-corrected chi connectivity index (χ1v) is 5.72. The molecule has 0 saturated carbocycles. The van der Waals surface area contributed by atoms with Gasteiger partial charge in [-0.2, -0.15) is 4.98 Å². The zero-order valence-electron chi connectivity index (χ0n) is 9.04. The van der Waals surface area contributed by atoms with E-state index in [1.165, 1.54) is 0 Å². The van der Waals surface area contributed by atoms with E-state index in [0.717, 1.165) is 16.4 Å². The van der Waals surface area contributed by atoms with E-state index in [2.05, 4.69) is 36.5 Å². The van der Waals surface area contributed by atoms with Gasteiger partial charge in [0, 0.05) is 11.5 Å². The van der Waals surface area contributed by atoms with Crippen molar-refractivity contribution in [2.75, 3.05) is 17.7 Å². The summed E-state index contributed by atoms with van der Waals surface area (Å²) in [4.78, 5) is 7.77. The molecule has 0 atom stereocenters. The van der Waals surface area contributed by atoms with Gasteiger partial charge in [0.2, 0.25) is 5.95 Å². The Morgan fingerprint density at radius 2 is 2.06 bits per heavy atom. The Bertz CT molecular complexity index is 533. The summed E-state index contributed by atoms with van der Waals surface area (Å²) < 4.78 is 14.3. The molecule has 0 bridgehead atoms. The molecule has 0 amide bonds. The lowest BCUT2D eigenvalue weighted by molar-refractivity contribution is 0.619. The minimum absolute atomic E-state index is 0.135. The van der Waals surface area contributed by atoms with Gasteiger partial charge in [-0.05, 0) is 28.1 Å². The van der Waals surface area contributed by atoms with E-state index >= 15 is 0 Å². The molecule has 0 saturated heterocycles. The molecular formula is C11H10BrFN4.